The standard InChI is InChI=1S/2C25H19N2O2.2C2H6O.Co/c2*1-25(2,3)20-12-21(23(28)18-8-4-16(14-26)5-9-18)22(13-20)24(29)19-10-6-17(15-27)7-11-19;2*1-2-3;/h2*4-13H,1-3H3;2*3H,2H2,1H3;/q2*-1;;;+2. The Morgan fingerprint density at radius 1 is 0.462 bits per heavy atom. The number of aliphatic hydroxyl groups excluding tert-OH is 2. The Bertz CT molecular complexity index is 2390. The first kappa shape index (κ1) is 53.8. The van der Waals surface area contributed by atoms with Gasteiger partial charge in [-0.3, -0.25) is 0 Å². The molecule has 0 aliphatic rings. The van der Waals surface area contributed by atoms with Crippen molar-refractivity contribution in [2.24, 2.45) is 0 Å². The average molecular weight is 910 g/mol. The topological polar surface area (TPSA) is 204 Å². The molecule has 1 radical (unpaired) electrons. The largest absolute Gasteiger partial charge is 2.00 e. The van der Waals surface area contributed by atoms with Crippen LogP contribution in [0.25, 0.3) is 0 Å². The van der Waals surface area contributed by atoms with Gasteiger partial charge >= 0.3 is 16.8 Å². The van der Waals surface area contributed by atoms with Crippen molar-refractivity contribution in [3.8, 4) is 24.3 Å². The Hall–Kier alpha value is -7.35. The van der Waals surface area contributed by atoms with E-state index in [4.69, 9.17) is 31.3 Å². The van der Waals surface area contributed by atoms with Crippen LogP contribution in [0.4, 0.5) is 0 Å². The normalized spacial score (nSPS) is 10.2. The third kappa shape index (κ3) is 14.3. The van der Waals surface area contributed by atoms with Crippen molar-refractivity contribution in [2.75, 3.05) is 13.2 Å². The molecule has 0 saturated heterocycles. The number of benzene rings is 4. The van der Waals surface area contributed by atoms with Crippen LogP contribution in [0.1, 0.15) is 152 Å². The molecule has 2 N–H and O–H groups in total. The Labute approximate surface area is 391 Å². The van der Waals surface area contributed by atoms with Crippen molar-refractivity contribution in [1.82, 2.24) is 0 Å². The van der Waals surface area contributed by atoms with Crippen LogP contribution in [0.5, 0.6) is 0 Å². The maximum atomic E-state index is 13.2. The van der Waals surface area contributed by atoms with Crippen LogP contribution in [-0.4, -0.2) is 46.6 Å². The van der Waals surface area contributed by atoms with Gasteiger partial charge in [-0.2, -0.15) is 21.0 Å². The van der Waals surface area contributed by atoms with E-state index in [1.54, 1.807) is 135 Å². The molecule has 0 bridgehead atoms. The molecule has 0 saturated carbocycles. The Balaban J connectivity index is 0.000000393. The Morgan fingerprint density at radius 3 is 0.877 bits per heavy atom. The first-order chi connectivity index (χ1) is 30.3. The maximum Gasteiger partial charge on any atom is 2.00 e. The number of hydrogen-bond donors (Lipinski definition) is 2. The van der Waals surface area contributed by atoms with Crippen molar-refractivity contribution in [1.29, 1.82) is 21.0 Å². The van der Waals surface area contributed by atoms with Crippen molar-refractivity contribution in [3.05, 3.63) is 199 Å². The first-order valence-electron chi connectivity index (χ1n) is 20.4. The summed E-state index contributed by atoms with van der Waals surface area (Å²) in [6, 6.07) is 40.7. The number of carbonyl (C=O) groups is 4. The third-order valence-corrected chi connectivity index (χ3v) is 9.60. The summed E-state index contributed by atoms with van der Waals surface area (Å²) in [5.74, 6) is -1.05. The van der Waals surface area contributed by atoms with Gasteiger partial charge in [0.1, 0.15) is 23.1 Å². The summed E-state index contributed by atoms with van der Waals surface area (Å²) in [5.41, 5.74) is 6.24. The van der Waals surface area contributed by atoms with Gasteiger partial charge in [0.2, 0.25) is 0 Å². The second-order valence-electron chi connectivity index (χ2n) is 16.3. The molecule has 6 rings (SSSR count). The van der Waals surface area contributed by atoms with E-state index in [0.717, 1.165) is 11.1 Å². The Morgan fingerprint density at radius 2 is 0.677 bits per heavy atom. The molecule has 0 aliphatic heterocycles. The van der Waals surface area contributed by atoms with Crippen molar-refractivity contribution in [2.45, 2.75) is 66.2 Å². The summed E-state index contributed by atoms with van der Waals surface area (Å²) in [7, 11) is 0. The number of rotatable bonds is 8. The zero-order valence-electron chi connectivity index (χ0n) is 37.6. The molecule has 0 heterocycles. The van der Waals surface area contributed by atoms with E-state index in [2.05, 4.69) is 0 Å². The second-order valence-corrected chi connectivity index (χ2v) is 16.3. The Kier molecular flexibility index (Phi) is 20.3. The van der Waals surface area contributed by atoms with Crippen LogP contribution < -0.4 is 0 Å². The van der Waals surface area contributed by atoms with Crippen LogP contribution in [0, 0.1) is 45.3 Å². The molecule has 0 spiro atoms. The SMILES string of the molecule is CC(C)(C)c1cc(C(=O)c2ccc(C#N)cc2)[c-](C(=O)c2ccc(C#N)cc2)c1.CC(C)(C)c1cc(C(=O)c2ccc(C#N)cc2)[c-](C(=O)c2ccc(C#N)cc2)c1.CCO.CCO.[Co+2]. The van der Waals surface area contributed by atoms with E-state index in [1.165, 1.54) is 0 Å². The van der Waals surface area contributed by atoms with Gasteiger partial charge in [-0.15, -0.1) is 35.4 Å². The zero-order valence-corrected chi connectivity index (χ0v) is 38.7. The van der Waals surface area contributed by atoms with Crippen LogP contribution in [0.2, 0.25) is 0 Å². The molecule has 0 amide bonds. The predicted molar refractivity (Wildman–Crippen MR) is 245 cm³/mol. The monoisotopic (exact) mass is 909 g/mol. The van der Waals surface area contributed by atoms with Crippen LogP contribution in [-0.2, 0) is 27.6 Å². The predicted octanol–water partition coefficient (Wildman–Crippen LogP) is 9.81. The number of aliphatic hydroxyl groups is 2. The van der Waals surface area contributed by atoms with Crippen molar-refractivity contribution in [3.63, 3.8) is 0 Å². The number of nitrogens with zero attached hydrogens (tertiary/aromatic N) is 4. The minimum Gasteiger partial charge on any atom is -0.397 e. The maximum absolute atomic E-state index is 13.2. The minimum atomic E-state index is -0.262. The fourth-order valence-corrected chi connectivity index (χ4v) is 6.04. The summed E-state index contributed by atoms with van der Waals surface area (Å²) in [6.07, 6.45) is 0. The van der Waals surface area contributed by atoms with Gasteiger partial charge in [0.05, 0.1) is 46.5 Å². The zero-order chi connectivity index (χ0) is 47.8. The summed E-state index contributed by atoms with van der Waals surface area (Å²) in [4.78, 5) is 52.7. The van der Waals surface area contributed by atoms with E-state index >= 15 is 0 Å². The van der Waals surface area contributed by atoms with E-state index in [9.17, 15) is 19.2 Å². The molecule has 10 nitrogen and oxygen atoms in total. The summed E-state index contributed by atoms with van der Waals surface area (Å²) in [6.45, 7) is 16.0. The molecule has 0 aliphatic carbocycles. The van der Waals surface area contributed by atoms with Crippen LogP contribution >= 0.6 is 0 Å². The second kappa shape index (κ2) is 24.5. The van der Waals surface area contributed by atoms with Gasteiger partial charge in [-0.1, -0.05) is 125 Å². The fourth-order valence-electron chi connectivity index (χ4n) is 6.04. The molecule has 11 heteroatoms. The van der Waals surface area contributed by atoms with Gasteiger partial charge < -0.3 is 29.4 Å². The van der Waals surface area contributed by atoms with E-state index < -0.39 is 0 Å². The fraction of sp³-hybridized carbons (Fsp3) is 0.222. The smallest absolute Gasteiger partial charge is 0.397 e. The average Bonchev–Trinajstić information content (AvgIpc) is 3.96. The summed E-state index contributed by atoms with van der Waals surface area (Å²) in [5, 5.41) is 51.0. The molecule has 331 valence electrons. The van der Waals surface area contributed by atoms with Gasteiger partial charge in [-0.05, 0) is 82.3 Å². The number of carbonyl (C=O) groups excluding carboxylic acids is 4. The third-order valence-electron chi connectivity index (χ3n) is 9.60. The van der Waals surface area contributed by atoms with Gasteiger partial charge in [-0.25, -0.2) is 0 Å². The molecule has 65 heavy (non-hydrogen) atoms. The van der Waals surface area contributed by atoms with Gasteiger partial charge in [0, 0.05) is 13.2 Å². The molecule has 6 aromatic rings. The van der Waals surface area contributed by atoms with Gasteiger partial charge in [0.25, 0.3) is 0 Å². The first-order valence-corrected chi connectivity index (χ1v) is 20.4. The number of ketones is 4. The number of hydrogen-bond acceptors (Lipinski definition) is 10. The van der Waals surface area contributed by atoms with E-state index in [0.29, 0.717) is 66.8 Å². The quantitative estimate of drug-likeness (QED) is 0.109. The summed E-state index contributed by atoms with van der Waals surface area (Å²) >= 11 is 0. The van der Waals surface area contributed by atoms with Crippen LogP contribution in [0.15, 0.2) is 121 Å². The number of nitriles is 4. The molecular formula is C54H50CoN4O6. The van der Waals surface area contributed by atoms with Crippen molar-refractivity contribution < 1.29 is 46.2 Å². The van der Waals surface area contributed by atoms with Crippen LogP contribution in [0.3, 0.4) is 0 Å². The summed E-state index contributed by atoms with van der Waals surface area (Å²) < 4.78 is 0. The molecular weight excluding hydrogens is 860 g/mol. The minimum absolute atomic E-state index is 0. The van der Waals surface area contributed by atoms with Gasteiger partial charge in [0.15, 0.2) is 0 Å². The molecule has 0 unspecified atom stereocenters. The van der Waals surface area contributed by atoms with E-state index in [1.807, 2.05) is 65.8 Å². The molecule has 0 aromatic heterocycles. The van der Waals surface area contributed by atoms with E-state index in [-0.39, 0.29) is 64.0 Å². The van der Waals surface area contributed by atoms with Crippen molar-refractivity contribution >= 4 is 23.1 Å². The molecule has 6 aromatic carbocycles. The molecule has 0 atom stereocenters. The molecule has 0 fully saturated rings.